The minimum atomic E-state index is -0.593. The van der Waals surface area contributed by atoms with Crippen LogP contribution in [0.2, 0.25) is 10.0 Å². The fourth-order valence-electron chi connectivity index (χ4n) is 4.59. The van der Waals surface area contributed by atoms with Crippen molar-refractivity contribution in [3.63, 3.8) is 0 Å². The van der Waals surface area contributed by atoms with Crippen molar-refractivity contribution in [2.75, 3.05) is 6.61 Å². The van der Waals surface area contributed by atoms with E-state index in [0.29, 0.717) is 58.3 Å². The first-order valence-corrected chi connectivity index (χ1v) is 11.6. The van der Waals surface area contributed by atoms with Crippen LogP contribution in [-0.2, 0) is 14.3 Å². The molecule has 4 nitrogen and oxygen atoms in total. The van der Waals surface area contributed by atoms with E-state index in [1.165, 1.54) is 0 Å². The molecular weight excluding hydrogens is 445 g/mol. The Bertz CT molecular complexity index is 1120. The number of ketones is 1. The van der Waals surface area contributed by atoms with Gasteiger partial charge in [0, 0.05) is 39.4 Å². The topological polar surface area (TPSA) is 55.4 Å². The van der Waals surface area contributed by atoms with Crippen LogP contribution in [0.15, 0.2) is 71.1 Å². The molecule has 0 radical (unpaired) electrons. The van der Waals surface area contributed by atoms with Gasteiger partial charge < -0.3 is 10.1 Å². The van der Waals surface area contributed by atoms with Crippen LogP contribution < -0.4 is 5.32 Å². The number of carbonyl (C=O) groups excluding carboxylic acids is 2. The number of hydrogen-bond donors (Lipinski definition) is 1. The third kappa shape index (κ3) is 4.35. The zero-order valence-electron chi connectivity index (χ0n) is 18.1. The molecule has 166 valence electrons. The van der Waals surface area contributed by atoms with E-state index in [1.807, 2.05) is 32.0 Å². The fourth-order valence-corrected chi connectivity index (χ4v) is 5.11. The van der Waals surface area contributed by atoms with Crippen molar-refractivity contribution in [3.05, 3.63) is 92.2 Å². The van der Waals surface area contributed by atoms with Gasteiger partial charge in [0.2, 0.25) is 0 Å². The summed E-state index contributed by atoms with van der Waals surface area (Å²) in [4.78, 5) is 26.6. The zero-order chi connectivity index (χ0) is 22.8. The summed E-state index contributed by atoms with van der Waals surface area (Å²) in [5.41, 5.74) is 4.35. The predicted octanol–water partition coefficient (Wildman–Crippen LogP) is 6.31. The number of allylic oxidation sites excluding steroid dienone is 3. The van der Waals surface area contributed by atoms with E-state index in [0.717, 1.165) is 11.3 Å². The SMILES string of the molecule is CCCOC(=O)C1=C(C)NC2=C(C(=O)C[C@H](c3ccccc3)C2)[C@H]1c1ccc(Cl)cc1Cl. The van der Waals surface area contributed by atoms with Gasteiger partial charge in [0.05, 0.1) is 12.2 Å². The lowest BCUT2D eigenvalue weighted by Crippen LogP contribution is -2.36. The maximum absolute atomic E-state index is 13.5. The van der Waals surface area contributed by atoms with Crippen LogP contribution in [0, 0.1) is 0 Å². The van der Waals surface area contributed by atoms with Crippen LogP contribution in [0.1, 0.15) is 56.1 Å². The van der Waals surface area contributed by atoms with Crippen LogP contribution in [0.25, 0.3) is 0 Å². The second kappa shape index (κ2) is 9.51. The summed E-state index contributed by atoms with van der Waals surface area (Å²) in [7, 11) is 0. The Morgan fingerprint density at radius 1 is 1.12 bits per heavy atom. The highest BCUT2D eigenvalue weighted by molar-refractivity contribution is 6.35. The van der Waals surface area contributed by atoms with Gasteiger partial charge in [-0.15, -0.1) is 0 Å². The number of carbonyl (C=O) groups is 2. The third-order valence-electron chi connectivity index (χ3n) is 6.03. The quantitative estimate of drug-likeness (QED) is 0.521. The first kappa shape index (κ1) is 22.6. The first-order valence-electron chi connectivity index (χ1n) is 10.8. The van der Waals surface area contributed by atoms with Gasteiger partial charge in [0.1, 0.15) is 0 Å². The maximum Gasteiger partial charge on any atom is 0.336 e. The van der Waals surface area contributed by atoms with Crippen molar-refractivity contribution in [2.45, 2.75) is 44.9 Å². The highest BCUT2D eigenvalue weighted by Crippen LogP contribution is 2.47. The summed E-state index contributed by atoms with van der Waals surface area (Å²) in [5, 5.41) is 4.27. The molecule has 1 aliphatic heterocycles. The maximum atomic E-state index is 13.5. The molecule has 0 saturated carbocycles. The molecule has 1 N–H and O–H groups in total. The summed E-state index contributed by atoms with van der Waals surface area (Å²) in [6.45, 7) is 4.10. The minimum absolute atomic E-state index is 0.0110. The Labute approximate surface area is 198 Å². The first-order chi connectivity index (χ1) is 15.4. The molecule has 0 unspecified atom stereocenters. The van der Waals surface area contributed by atoms with Gasteiger partial charge in [-0.1, -0.05) is 66.5 Å². The number of Topliss-reactive ketones (excluding diaryl/α,β-unsaturated/α-hetero) is 1. The van der Waals surface area contributed by atoms with Crippen LogP contribution >= 0.6 is 23.2 Å². The smallest absolute Gasteiger partial charge is 0.336 e. The van der Waals surface area contributed by atoms with E-state index >= 15 is 0 Å². The molecule has 4 rings (SSSR count). The Kier molecular flexibility index (Phi) is 6.73. The van der Waals surface area contributed by atoms with E-state index in [4.69, 9.17) is 27.9 Å². The average Bonchev–Trinajstić information content (AvgIpc) is 2.77. The lowest BCUT2D eigenvalue weighted by atomic mass is 9.71. The molecule has 2 atom stereocenters. The van der Waals surface area contributed by atoms with Gasteiger partial charge in [-0.2, -0.15) is 0 Å². The second-order valence-corrected chi connectivity index (χ2v) is 9.07. The summed E-state index contributed by atoms with van der Waals surface area (Å²) in [6.07, 6.45) is 1.77. The van der Waals surface area contributed by atoms with Gasteiger partial charge in [-0.3, -0.25) is 4.79 Å². The highest BCUT2D eigenvalue weighted by atomic mass is 35.5. The van der Waals surface area contributed by atoms with Crippen LogP contribution in [0.4, 0.5) is 0 Å². The fraction of sp³-hybridized carbons (Fsp3) is 0.308. The number of benzene rings is 2. The Morgan fingerprint density at radius 3 is 2.56 bits per heavy atom. The zero-order valence-corrected chi connectivity index (χ0v) is 19.6. The Balaban J connectivity index is 1.81. The molecule has 0 aromatic heterocycles. The number of rotatable bonds is 5. The lowest BCUT2D eigenvalue weighted by Gasteiger charge is -2.37. The molecule has 2 aromatic rings. The summed E-state index contributed by atoms with van der Waals surface area (Å²) in [5.74, 6) is -0.934. The van der Waals surface area contributed by atoms with E-state index < -0.39 is 11.9 Å². The van der Waals surface area contributed by atoms with Gasteiger partial charge in [-0.05, 0) is 48.9 Å². The number of esters is 1. The van der Waals surface area contributed by atoms with Crippen molar-refractivity contribution >= 4 is 35.0 Å². The second-order valence-electron chi connectivity index (χ2n) is 8.23. The number of dihydropyridines is 1. The van der Waals surface area contributed by atoms with Crippen molar-refractivity contribution in [3.8, 4) is 0 Å². The Morgan fingerprint density at radius 2 is 1.88 bits per heavy atom. The highest BCUT2D eigenvalue weighted by Gasteiger charge is 2.42. The molecule has 1 heterocycles. The molecular formula is C26H25Cl2NO3. The standard InChI is InChI=1S/C26H25Cl2NO3/c1-3-11-32-26(31)23-15(2)29-21-12-17(16-7-5-4-6-8-16)13-22(30)25(21)24(23)19-10-9-18(27)14-20(19)28/h4-10,14,17,24,29H,3,11-13H2,1-2H3/t17-,24+/m1/s1. The molecule has 1 aliphatic carbocycles. The lowest BCUT2D eigenvalue weighted by molar-refractivity contribution is -0.139. The molecule has 0 amide bonds. The van der Waals surface area contributed by atoms with Gasteiger partial charge >= 0.3 is 5.97 Å². The van der Waals surface area contributed by atoms with E-state index in [2.05, 4.69) is 17.4 Å². The molecule has 2 aliphatic rings. The summed E-state index contributed by atoms with van der Waals surface area (Å²) in [6, 6.07) is 15.2. The van der Waals surface area contributed by atoms with Crippen molar-refractivity contribution in [2.24, 2.45) is 0 Å². The molecule has 6 heteroatoms. The molecule has 2 aromatic carbocycles. The van der Waals surface area contributed by atoms with Crippen molar-refractivity contribution < 1.29 is 14.3 Å². The number of hydrogen-bond acceptors (Lipinski definition) is 4. The minimum Gasteiger partial charge on any atom is -0.462 e. The number of nitrogens with one attached hydrogen (secondary N) is 1. The molecule has 0 spiro atoms. The Hall–Kier alpha value is -2.56. The van der Waals surface area contributed by atoms with E-state index in [1.54, 1.807) is 18.2 Å². The van der Waals surface area contributed by atoms with Gasteiger partial charge in [-0.25, -0.2) is 4.79 Å². The molecule has 0 bridgehead atoms. The monoisotopic (exact) mass is 469 g/mol. The largest absolute Gasteiger partial charge is 0.462 e. The van der Waals surface area contributed by atoms with Crippen LogP contribution in [-0.4, -0.2) is 18.4 Å². The van der Waals surface area contributed by atoms with E-state index in [-0.39, 0.29) is 11.7 Å². The molecule has 32 heavy (non-hydrogen) atoms. The average molecular weight is 470 g/mol. The van der Waals surface area contributed by atoms with Crippen molar-refractivity contribution in [1.82, 2.24) is 5.32 Å². The molecule has 0 saturated heterocycles. The molecule has 0 fully saturated rings. The number of halogens is 2. The van der Waals surface area contributed by atoms with E-state index in [9.17, 15) is 9.59 Å². The summed E-state index contributed by atoms with van der Waals surface area (Å²) >= 11 is 12.7. The van der Waals surface area contributed by atoms with Gasteiger partial charge in [0.15, 0.2) is 5.78 Å². The van der Waals surface area contributed by atoms with Crippen molar-refractivity contribution in [1.29, 1.82) is 0 Å². The van der Waals surface area contributed by atoms with Gasteiger partial charge in [0.25, 0.3) is 0 Å². The van der Waals surface area contributed by atoms with Crippen LogP contribution in [0.5, 0.6) is 0 Å². The predicted molar refractivity (Wildman–Crippen MR) is 127 cm³/mol. The third-order valence-corrected chi connectivity index (χ3v) is 6.59. The van der Waals surface area contributed by atoms with Crippen LogP contribution in [0.3, 0.4) is 0 Å². The summed E-state index contributed by atoms with van der Waals surface area (Å²) < 4.78 is 5.48. The normalized spacial score (nSPS) is 20.7. The number of ether oxygens (including phenoxy) is 1.